The molecule has 0 atom stereocenters. The van der Waals surface area contributed by atoms with Gasteiger partial charge in [-0.2, -0.15) is 0 Å². The Morgan fingerprint density at radius 1 is 1.00 bits per heavy atom. The van der Waals surface area contributed by atoms with E-state index in [-0.39, 0.29) is 11.3 Å². The third-order valence-electron chi connectivity index (χ3n) is 2.83. The van der Waals surface area contributed by atoms with E-state index in [0.29, 0.717) is 5.75 Å². The van der Waals surface area contributed by atoms with Crippen LogP contribution in [0.15, 0.2) is 30.3 Å². The topological polar surface area (TPSA) is 96.2 Å². The first-order valence-electron chi connectivity index (χ1n) is 6.04. The first kappa shape index (κ1) is 14.5. The summed E-state index contributed by atoms with van der Waals surface area (Å²) >= 11 is 0. The van der Waals surface area contributed by atoms with Gasteiger partial charge in [0.05, 0.1) is 12.7 Å². The van der Waals surface area contributed by atoms with Crippen molar-refractivity contribution >= 4 is 5.97 Å². The van der Waals surface area contributed by atoms with Crippen LogP contribution in [0.1, 0.15) is 15.9 Å². The van der Waals surface area contributed by atoms with Gasteiger partial charge in [-0.1, -0.05) is 6.07 Å². The van der Waals surface area contributed by atoms with Crippen molar-refractivity contribution in [2.45, 2.75) is 6.92 Å². The van der Waals surface area contributed by atoms with Gasteiger partial charge in [0.2, 0.25) is 0 Å². The number of esters is 1. The lowest BCUT2D eigenvalue weighted by Gasteiger charge is -2.10. The van der Waals surface area contributed by atoms with Gasteiger partial charge in [-0.25, -0.2) is 4.79 Å². The second-order valence-corrected chi connectivity index (χ2v) is 4.41. The van der Waals surface area contributed by atoms with Crippen LogP contribution in [0, 0.1) is 6.92 Å². The summed E-state index contributed by atoms with van der Waals surface area (Å²) in [6.07, 6.45) is 0. The summed E-state index contributed by atoms with van der Waals surface area (Å²) < 4.78 is 10.3. The summed E-state index contributed by atoms with van der Waals surface area (Å²) in [4.78, 5) is 12.0. The van der Waals surface area contributed by atoms with Crippen LogP contribution >= 0.6 is 0 Å². The molecule has 0 aliphatic heterocycles. The molecule has 0 unspecified atom stereocenters. The maximum absolute atomic E-state index is 12.0. The molecule has 21 heavy (non-hydrogen) atoms. The van der Waals surface area contributed by atoms with Gasteiger partial charge in [-0.3, -0.25) is 0 Å². The summed E-state index contributed by atoms with van der Waals surface area (Å²) in [5.74, 6) is -2.13. The average Bonchev–Trinajstić information content (AvgIpc) is 2.45. The molecule has 0 saturated carbocycles. The van der Waals surface area contributed by atoms with Crippen LogP contribution in [-0.4, -0.2) is 28.4 Å². The number of phenols is 3. The van der Waals surface area contributed by atoms with Gasteiger partial charge in [-0.05, 0) is 36.8 Å². The van der Waals surface area contributed by atoms with E-state index in [4.69, 9.17) is 9.47 Å². The Morgan fingerprint density at radius 2 is 1.62 bits per heavy atom. The van der Waals surface area contributed by atoms with Crippen molar-refractivity contribution in [3.8, 4) is 28.7 Å². The first-order valence-corrected chi connectivity index (χ1v) is 6.04. The van der Waals surface area contributed by atoms with Gasteiger partial charge >= 0.3 is 5.97 Å². The maximum Gasteiger partial charge on any atom is 0.343 e. The van der Waals surface area contributed by atoms with E-state index in [2.05, 4.69) is 0 Å². The minimum absolute atomic E-state index is 0.106. The number of rotatable bonds is 3. The lowest BCUT2D eigenvalue weighted by molar-refractivity contribution is 0.0728. The van der Waals surface area contributed by atoms with Crippen molar-refractivity contribution in [2.24, 2.45) is 0 Å². The van der Waals surface area contributed by atoms with Crippen LogP contribution in [-0.2, 0) is 0 Å². The summed E-state index contributed by atoms with van der Waals surface area (Å²) in [7, 11) is 1.45. The number of benzene rings is 2. The normalized spacial score (nSPS) is 10.2. The molecule has 2 aromatic rings. The molecule has 0 saturated heterocycles. The molecule has 3 N–H and O–H groups in total. The Hall–Kier alpha value is -2.89. The van der Waals surface area contributed by atoms with Crippen molar-refractivity contribution < 1.29 is 29.6 Å². The van der Waals surface area contributed by atoms with Crippen LogP contribution in [0.2, 0.25) is 0 Å². The van der Waals surface area contributed by atoms with Crippen LogP contribution < -0.4 is 9.47 Å². The molecule has 0 spiro atoms. The zero-order valence-corrected chi connectivity index (χ0v) is 11.5. The number of carbonyl (C=O) groups is 1. The molecule has 0 heterocycles. The van der Waals surface area contributed by atoms with E-state index in [1.165, 1.54) is 7.11 Å². The third kappa shape index (κ3) is 3.00. The Bertz CT molecular complexity index is 670. The highest BCUT2D eigenvalue weighted by Gasteiger charge is 2.17. The molecule has 0 radical (unpaired) electrons. The standard InChI is InChI=1S/C15H14O6/c1-8-3-4-12(13(5-8)20-2)21-15(19)9-6-10(16)14(18)11(17)7-9/h3-7,16-18H,1-2H3. The van der Waals surface area contributed by atoms with Crippen molar-refractivity contribution in [1.29, 1.82) is 0 Å². The zero-order chi connectivity index (χ0) is 15.6. The number of carbonyl (C=O) groups excluding carboxylic acids is 1. The molecule has 110 valence electrons. The molecule has 6 nitrogen and oxygen atoms in total. The Balaban J connectivity index is 2.30. The van der Waals surface area contributed by atoms with Crippen molar-refractivity contribution in [2.75, 3.05) is 7.11 Å². The predicted octanol–water partition coefficient (Wildman–Crippen LogP) is 2.34. The molecule has 0 amide bonds. The van der Waals surface area contributed by atoms with Gasteiger partial charge in [0.25, 0.3) is 0 Å². The molecular weight excluding hydrogens is 276 g/mol. The molecule has 0 fully saturated rings. The molecule has 6 heteroatoms. The van der Waals surface area contributed by atoms with Crippen LogP contribution in [0.4, 0.5) is 0 Å². The smallest absolute Gasteiger partial charge is 0.343 e. The van der Waals surface area contributed by atoms with E-state index in [1.807, 2.05) is 6.92 Å². The van der Waals surface area contributed by atoms with Crippen LogP contribution in [0.25, 0.3) is 0 Å². The number of aryl methyl sites for hydroxylation is 1. The number of methoxy groups -OCH3 is 1. The molecule has 2 rings (SSSR count). The Morgan fingerprint density at radius 3 is 2.19 bits per heavy atom. The van der Waals surface area contributed by atoms with Crippen molar-refractivity contribution in [1.82, 2.24) is 0 Å². The zero-order valence-electron chi connectivity index (χ0n) is 11.5. The first-order chi connectivity index (χ1) is 9.92. The summed E-state index contributed by atoms with van der Waals surface area (Å²) in [6, 6.07) is 7.02. The van der Waals surface area contributed by atoms with Crippen molar-refractivity contribution in [3.63, 3.8) is 0 Å². The maximum atomic E-state index is 12.0. The lowest BCUT2D eigenvalue weighted by Crippen LogP contribution is -2.09. The van der Waals surface area contributed by atoms with Gasteiger partial charge in [0.1, 0.15) is 0 Å². The highest BCUT2D eigenvalue weighted by Crippen LogP contribution is 2.36. The molecule has 0 bridgehead atoms. The number of hydrogen-bond acceptors (Lipinski definition) is 6. The second kappa shape index (κ2) is 5.62. The van der Waals surface area contributed by atoms with Crippen molar-refractivity contribution in [3.05, 3.63) is 41.5 Å². The largest absolute Gasteiger partial charge is 0.504 e. The highest BCUT2D eigenvalue weighted by molar-refractivity contribution is 5.92. The average molecular weight is 290 g/mol. The molecule has 2 aromatic carbocycles. The number of ether oxygens (including phenoxy) is 2. The van der Waals surface area contributed by atoms with E-state index >= 15 is 0 Å². The fraction of sp³-hybridized carbons (Fsp3) is 0.133. The van der Waals surface area contributed by atoms with Gasteiger partial charge < -0.3 is 24.8 Å². The molecule has 0 aliphatic carbocycles. The van der Waals surface area contributed by atoms with E-state index in [0.717, 1.165) is 17.7 Å². The van der Waals surface area contributed by atoms with E-state index in [1.54, 1.807) is 18.2 Å². The quantitative estimate of drug-likeness (QED) is 0.456. The fourth-order valence-corrected chi connectivity index (χ4v) is 1.74. The van der Waals surface area contributed by atoms with Gasteiger partial charge in [0.15, 0.2) is 28.7 Å². The molecule has 0 aromatic heterocycles. The fourth-order valence-electron chi connectivity index (χ4n) is 1.74. The van der Waals surface area contributed by atoms with Crippen LogP contribution in [0.5, 0.6) is 28.7 Å². The summed E-state index contributed by atoms with van der Waals surface area (Å²) in [6.45, 7) is 1.87. The number of phenolic OH excluding ortho intramolecular Hbond substituents is 3. The molecule has 0 aliphatic rings. The second-order valence-electron chi connectivity index (χ2n) is 4.41. The monoisotopic (exact) mass is 290 g/mol. The van der Waals surface area contributed by atoms with Gasteiger partial charge in [-0.15, -0.1) is 0 Å². The van der Waals surface area contributed by atoms with Gasteiger partial charge in [0, 0.05) is 0 Å². The lowest BCUT2D eigenvalue weighted by atomic mass is 10.2. The minimum atomic E-state index is -0.803. The molecular formula is C15H14O6. The van der Waals surface area contributed by atoms with E-state index in [9.17, 15) is 20.1 Å². The minimum Gasteiger partial charge on any atom is -0.504 e. The van der Waals surface area contributed by atoms with Crippen LogP contribution in [0.3, 0.4) is 0 Å². The summed E-state index contributed by atoms with van der Waals surface area (Å²) in [5, 5.41) is 28.0. The van der Waals surface area contributed by atoms with E-state index < -0.39 is 23.2 Å². The third-order valence-corrected chi connectivity index (χ3v) is 2.83. The summed E-state index contributed by atoms with van der Waals surface area (Å²) in [5.41, 5.74) is 0.831. The Labute approximate surface area is 120 Å². The number of hydrogen-bond donors (Lipinski definition) is 3. The predicted molar refractivity (Wildman–Crippen MR) is 74.1 cm³/mol. The SMILES string of the molecule is COc1cc(C)ccc1OC(=O)c1cc(O)c(O)c(O)c1. The highest BCUT2D eigenvalue weighted by atomic mass is 16.6. The number of aromatic hydroxyl groups is 3. The Kier molecular flexibility index (Phi) is 3.89.